The van der Waals surface area contributed by atoms with E-state index in [0.717, 1.165) is 12.8 Å². The van der Waals surface area contributed by atoms with E-state index in [4.69, 9.17) is 0 Å². The predicted octanol–water partition coefficient (Wildman–Crippen LogP) is 5.40. The van der Waals surface area contributed by atoms with Gasteiger partial charge >= 0.3 is 0 Å². The van der Waals surface area contributed by atoms with Crippen molar-refractivity contribution in [2.24, 2.45) is 29.1 Å². The van der Waals surface area contributed by atoms with Crippen molar-refractivity contribution < 1.29 is 15.3 Å². The molecule has 0 aliphatic heterocycles. The molecule has 3 nitrogen and oxygen atoms in total. The Hall–Kier alpha value is -1.08. The Labute approximate surface area is 190 Å². The van der Waals surface area contributed by atoms with Gasteiger partial charge in [0.1, 0.15) is 5.60 Å². The van der Waals surface area contributed by atoms with E-state index in [9.17, 15) is 15.3 Å². The zero-order chi connectivity index (χ0) is 22.8. The first-order valence-corrected chi connectivity index (χ1v) is 12.5. The summed E-state index contributed by atoms with van der Waals surface area (Å²) < 4.78 is 0. The van der Waals surface area contributed by atoms with Crippen LogP contribution in [0.3, 0.4) is 0 Å². The van der Waals surface area contributed by atoms with Crippen molar-refractivity contribution in [2.45, 2.75) is 110 Å². The molecule has 0 unspecified atom stereocenters. The van der Waals surface area contributed by atoms with E-state index < -0.39 is 17.8 Å². The molecule has 0 saturated heterocycles. The Bertz CT molecular complexity index is 732. The van der Waals surface area contributed by atoms with Crippen LogP contribution in [-0.4, -0.2) is 33.1 Å². The summed E-state index contributed by atoms with van der Waals surface area (Å²) in [7, 11) is 0. The zero-order valence-corrected chi connectivity index (χ0v) is 20.3. The maximum Gasteiger partial charge on any atom is 0.119 e. The van der Waals surface area contributed by atoms with Crippen molar-refractivity contribution in [3.8, 4) is 11.8 Å². The highest BCUT2D eigenvalue weighted by Gasteiger charge is 2.50. The van der Waals surface area contributed by atoms with Crippen LogP contribution in [0.4, 0.5) is 0 Å². The molecule has 3 fully saturated rings. The summed E-state index contributed by atoms with van der Waals surface area (Å²) in [4.78, 5) is 0. The maximum absolute atomic E-state index is 10.4. The molecule has 3 aliphatic rings. The van der Waals surface area contributed by atoms with Gasteiger partial charge in [0.25, 0.3) is 0 Å². The van der Waals surface area contributed by atoms with E-state index >= 15 is 0 Å². The molecular weight excluding hydrogens is 384 g/mol. The van der Waals surface area contributed by atoms with Gasteiger partial charge in [0, 0.05) is 12.3 Å². The third-order valence-corrected chi connectivity index (χ3v) is 8.48. The number of allylic oxidation sites excluding steroid dienone is 3. The van der Waals surface area contributed by atoms with Gasteiger partial charge in [-0.25, -0.2) is 0 Å². The van der Waals surface area contributed by atoms with Crippen molar-refractivity contribution in [1.82, 2.24) is 0 Å². The third kappa shape index (κ3) is 5.65. The number of rotatable bonds is 4. The van der Waals surface area contributed by atoms with Crippen molar-refractivity contribution in [2.75, 3.05) is 0 Å². The summed E-state index contributed by atoms with van der Waals surface area (Å²) in [5.74, 6) is 8.09. The van der Waals surface area contributed by atoms with Gasteiger partial charge < -0.3 is 15.3 Å². The van der Waals surface area contributed by atoms with E-state index in [-0.39, 0.29) is 5.92 Å². The minimum atomic E-state index is -0.909. The fourth-order valence-electron chi connectivity index (χ4n) is 6.87. The Morgan fingerprint density at radius 1 is 1.16 bits per heavy atom. The fraction of sp³-hybridized carbons (Fsp3) is 0.786. The van der Waals surface area contributed by atoms with Crippen LogP contribution in [-0.2, 0) is 0 Å². The number of hydrogen-bond donors (Lipinski definition) is 3. The van der Waals surface area contributed by atoms with Gasteiger partial charge in [-0.1, -0.05) is 50.0 Å². The molecule has 3 aliphatic carbocycles. The van der Waals surface area contributed by atoms with Crippen molar-refractivity contribution in [3.63, 3.8) is 0 Å². The van der Waals surface area contributed by atoms with Gasteiger partial charge in [0.15, 0.2) is 0 Å². The summed E-state index contributed by atoms with van der Waals surface area (Å²) in [5, 5.41) is 30.7. The molecule has 0 bridgehead atoms. The summed E-state index contributed by atoms with van der Waals surface area (Å²) in [6.45, 7) is 10.4. The number of fused-ring (bicyclic) bond motifs is 1. The molecule has 174 valence electrons. The lowest BCUT2D eigenvalue weighted by Gasteiger charge is -2.44. The third-order valence-electron chi connectivity index (χ3n) is 8.48. The van der Waals surface area contributed by atoms with Crippen molar-refractivity contribution >= 4 is 0 Å². The summed E-state index contributed by atoms with van der Waals surface area (Å²) >= 11 is 0. The van der Waals surface area contributed by atoms with Crippen LogP contribution in [0.2, 0.25) is 0 Å². The van der Waals surface area contributed by atoms with E-state index in [1.807, 2.05) is 6.92 Å². The largest absolute Gasteiger partial charge is 0.392 e. The smallest absolute Gasteiger partial charge is 0.119 e. The highest BCUT2D eigenvalue weighted by molar-refractivity contribution is 5.26. The molecule has 0 heterocycles. The quantitative estimate of drug-likeness (QED) is 0.526. The number of aliphatic hydroxyl groups excluding tert-OH is 2. The Kier molecular flexibility index (Phi) is 7.78. The average Bonchev–Trinajstić information content (AvgIpc) is 3.02. The average molecular weight is 429 g/mol. The van der Waals surface area contributed by atoms with E-state index in [2.05, 4.69) is 37.8 Å². The van der Waals surface area contributed by atoms with Crippen LogP contribution < -0.4 is 0 Å². The molecule has 3 N–H and O–H groups in total. The van der Waals surface area contributed by atoms with Gasteiger partial charge in [0.2, 0.25) is 0 Å². The molecule has 0 spiro atoms. The van der Waals surface area contributed by atoms with Gasteiger partial charge in [0.05, 0.1) is 12.2 Å². The second kappa shape index (κ2) is 9.82. The molecule has 3 saturated carbocycles. The van der Waals surface area contributed by atoms with Crippen LogP contribution in [0.1, 0.15) is 92.4 Å². The molecule has 0 aromatic rings. The molecule has 0 aromatic carbocycles. The Balaban J connectivity index is 1.71. The summed E-state index contributed by atoms with van der Waals surface area (Å²) in [5.41, 5.74) is 2.18. The monoisotopic (exact) mass is 428 g/mol. The first-order chi connectivity index (χ1) is 14.5. The van der Waals surface area contributed by atoms with E-state index in [1.54, 1.807) is 19.4 Å². The second-order valence-electron chi connectivity index (χ2n) is 11.3. The zero-order valence-electron chi connectivity index (χ0n) is 20.3. The normalized spacial score (nSPS) is 38.4. The lowest BCUT2D eigenvalue weighted by atomic mass is 9.61. The molecule has 31 heavy (non-hydrogen) atoms. The molecule has 0 radical (unpaired) electrons. The topological polar surface area (TPSA) is 60.7 Å². The van der Waals surface area contributed by atoms with E-state index in [1.165, 1.54) is 37.7 Å². The summed E-state index contributed by atoms with van der Waals surface area (Å²) in [6, 6.07) is 0. The molecule has 6 atom stereocenters. The van der Waals surface area contributed by atoms with Gasteiger partial charge in [-0.15, -0.1) is 5.92 Å². The first-order valence-electron chi connectivity index (χ1n) is 12.5. The SMILES string of the molecule is CCC1[C@H](O)CC(=C/C=C2\CCC[C@@]3(C)[C@@H]2CC[C@@H]3[C@H](C)CC#CC(C)(C)O)C[C@H]1O. The molecule has 0 aromatic heterocycles. The van der Waals surface area contributed by atoms with Crippen LogP contribution in [0.25, 0.3) is 0 Å². The van der Waals surface area contributed by atoms with E-state index in [0.29, 0.717) is 36.0 Å². The van der Waals surface area contributed by atoms with Crippen LogP contribution >= 0.6 is 0 Å². The number of aliphatic hydroxyl groups is 3. The molecule has 0 amide bonds. The van der Waals surface area contributed by atoms with Crippen LogP contribution in [0.15, 0.2) is 23.3 Å². The second-order valence-corrected chi connectivity index (χ2v) is 11.3. The van der Waals surface area contributed by atoms with Gasteiger partial charge in [-0.2, -0.15) is 0 Å². The minimum Gasteiger partial charge on any atom is -0.392 e. The lowest BCUT2D eigenvalue weighted by molar-refractivity contribution is -0.00700. The number of hydrogen-bond acceptors (Lipinski definition) is 3. The van der Waals surface area contributed by atoms with Crippen molar-refractivity contribution in [3.05, 3.63) is 23.3 Å². The molecule has 3 rings (SSSR count). The summed E-state index contributed by atoms with van der Waals surface area (Å²) in [6.07, 6.45) is 13.0. The Morgan fingerprint density at radius 3 is 2.45 bits per heavy atom. The van der Waals surface area contributed by atoms with Crippen LogP contribution in [0, 0.1) is 40.9 Å². The Morgan fingerprint density at radius 2 is 1.84 bits per heavy atom. The standard InChI is InChI=1S/C28H44O3/c1-6-22-25(29)17-20(18-26(22)30)11-12-21-10-8-16-28(5)23(13-14-24(21)28)19(2)9-7-15-27(3,4)31/h11-12,19,22-26,29-31H,6,8-10,13-14,16-18H2,1-5H3/b20-11?,21-12+/t19-,22?,23-,24-,25-,26-,28-/m1/s1. The highest BCUT2D eigenvalue weighted by Crippen LogP contribution is 2.59. The molecule has 3 heteroatoms. The minimum absolute atomic E-state index is 0.0133. The predicted molar refractivity (Wildman–Crippen MR) is 127 cm³/mol. The lowest BCUT2D eigenvalue weighted by Crippen LogP contribution is -2.36. The molecular formula is C28H44O3. The van der Waals surface area contributed by atoms with Crippen molar-refractivity contribution in [1.29, 1.82) is 0 Å². The highest BCUT2D eigenvalue weighted by atomic mass is 16.3. The maximum atomic E-state index is 10.4. The van der Waals surface area contributed by atoms with Gasteiger partial charge in [-0.05, 0) is 88.4 Å². The van der Waals surface area contributed by atoms with Crippen LogP contribution in [0.5, 0.6) is 0 Å². The fourth-order valence-corrected chi connectivity index (χ4v) is 6.87. The van der Waals surface area contributed by atoms with Gasteiger partial charge in [-0.3, -0.25) is 0 Å². The first kappa shape index (κ1) is 24.6.